The van der Waals surface area contributed by atoms with Crippen molar-refractivity contribution in [2.45, 2.75) is 38.9 Å². The molecule has 0 saturated carbocycles. The molecular formula is C25H30N4O. The molecule has 0 bridgehead atoms. The lowest BCUT2D eigenvalue weighted by Crippen LogP contribution is -2.33. The number of rotatable bonds is 7. The molecule has 0 aliphatic carbocycles. The van der Waals surface area contributed by atoms with Crippen LogP contribution in [0.25, 0.3) is 0 Å². The largest absolute Gasteiger partial charge is 0.350 e. The molecule has 5 nitrogen and oxygen atoms in total. The Morgan fingerprint density at radius 1 is 1.10 bits per heavy atom. The number of nitrogens with one attached hydrogen (secondary N) is 1. The summed E-state index contributed by atoms with van der Waals surface area (Å²) in [5.74, 6) is 0.733. The molecule has 3 aromatic rings. The van der Waals surface area contributed by atoms with Gasteiger partial charge in [0.2, 0.25) is 5.91 Å². The van der Waals surface area contributed by atoms with Crippen molar-refractivity contribution in [3.05, 3.63) is 89.7 Å². The second-order valence-electron chi connectivity index (χ2n) is 8.32. The van der Waals surface area contributed by atoms with Gasteiger partial charge < -0.3 is 5.32 Å². The summed E-state index contributed by atoms with van der Waals surface area (Å²) in [5.41, 5.74) is 3.36. The fraction of sp³-hybridized carbons (Fsp3) is 0.360. The summed E-state index contributed by atoms with van der Waals surface area (Å²) in [5, 5.41) is 7.37. The Morgan fingerprint density at radius 3 is 2.57 bits per heavy atom. The van der Waals surface area contributed by atoms with E-state index in [9.17, 15) is 4.79 Å². The van der Waals surface area contributed by atoms with Gasteiger partial charge in [-0.1, -0.05) is 61.5 Å². The van der Waals surface area contributed by atoms with Crippen LogP contribution in [-0.2, 0) is 17.9 Å². The summed E-state index contributed by atoms with van der Waals surface area (Å²) in [4.78, 5) is 15.5. The summed E-state index contributed by atoms with van der Waals surface area (Å²) in [6.07, 6.45) is 6.17. The van der Waals surface area contributed by atoms with Crippen molar-refractivity contribution in [3.8, 4) is 0 Å². The maximum Gasteiger partial charge on any atom is 0.249 e. The second-order valence-corrected chi connectivity index (χ2v) is 8.32. The van der Waals surface area contributed by atoms with E-state index < -0.39 is 6.04 Å². The van der Waals surface area contributed by atoms with Gasteiger partial charge in [-0.2, -0.15) is 5.10 Å². The first-order chi connectivity index (χ1) is 14.7. The minimum atomic E-state index is -0.471. The van der Waals surface area contributed by atoms with E-state index in [1.807, 2.05) is 42.6 Å². The molecule has 4 rings (SSSR count). The SMILES string of the molecule is CC1CCCN(Cc2ccc(CNC(=O)C(c3ccccc3)n3cccn3)cc2)C1. The number of piperidine rings is 1. The highest BCUT2D eigenvalue weighted by atomic mass is 16.2. The maximum atomic E-state index is 13.0. The van der Waals surface area contributed by atoms with Gasteiger partial charge in [-0.3, -0.25) is 14.4 Å². The van der Waals surface area contributed by atoms with Gasteiger partial charge >= 0.3 is 0 Å². The Bertz CT molecular complexity index is 922. The number of nitrogens with zero attached hydrogens (tertiary/aromatic N) is 3. The van der Waals surface area contributed by atoms with Gasteiger partial charge in [0, 0.05) is 32.0 Å². The molecule has 156 valence electrons. The van der Waals surface area contributed by atoms with Crippen LogP contribution in [0.4, 0.5) is 0 Å². The van der Waals surface area contributed by atoms with Crippen LogP contribution in [-0.4, -0.2) is 33.7 Å². The van der Waals surface area contributed by atoms with E-state index in [-0.39, 0.29) is 5.91 Å². The van der Waals surface area contributed by atoms with Crippen LogP contribution in [0, 0.1) is 5.92 Å². The third-order valence-electron chi connectivity index (χ3n) is 5.79. The van der Waals surface area contributed by atoms with E-state index in [2.05, 4.69) is 46.5 Å². The van der Waals surface area contributed by atoms with Crippen molar-refractivity contribution in [2.75, 3.05) is 13.1 Å². The number of hydrogen-bond donors (Lipinski definition) is 1. The molecule has 1 aromatic heterocycles. The predicted octanol–water partition coefficient (Wildman–Crippen LogP) is 4.02. The first kappa shape index (κ1) is 20.4. The summed E-state index contributed by atoms with van der Waals surface area (Å²) in [7, 11) is 0. The van der Waals surface area contributed by atoms with Gasteiger partial charge in [0.15, 0.2) is 6.04 Å². The molecule has 2 unspecified atom stereocenters. The lowest BCUT2D eigenvalue weighted by atomic mass is 9.99. The quantitative estimate of drug-likeness (QED) is 0.649. The van der Waals surface area contributed by atoms with Gasteiger partial charge in [-0.15, -0.1) is 0 Å². The first-order valence-electron chi connectivity index (χ1n) is 10.8. The highest BCUT2D eigenvalue weighted by molar-refractivity contribution is 5.83. The molecule has 1 aliphatic heterocycles. The van der Waals surface area contributed by atoms with E-state index in [1.165, 1.54) is 31.5 Å². The average molecular weight is 403 g/mol. The van der Waals surface area contributed by atoms with E-state index in [0.29, 0.717) is 6.54 Å². The molecule has 5 heteroatoms. The van der Waals surface area contributed by atoms with Crippen molar-refractivity contribution in [3.63, 3.8) is 0 Å². The number of aromatic nitrogens is 2. The van der Waals surface area contributed by atoms with Crippen molar-refractivity contribution < 1.29 is 4.79 Å². The molecule has 2 heterocycles. The monoisotopic (exact) mass is 402 g/mol. The first-order valence-corrected chi connectivity index (χ1v) is 10.8. The minimum Gasteiger partial charge on any atom is -0.350 e. The Morgan fingerprint density at radius 2 is 1.87 bits per heavy atom. The van der Waals surface area contributed by atoms with Crippen molar-refractivity contribution in [1.29, 1.82) is 0 Å². The Balaban J connectivity index is 1.37. The molecule has 1 amide bonds. The van der Waals surface area contributed by atoms with Gasteiger partial charge in [-0.25, -0.2) is 0 Å². The minimum absolute atomic E-state index is 0.0590. The maximum absolute atomic E-state index is 13.0. The topological polar surface area (TPSA) is 50.2 Å². The molecule has 2 atom stereocenters. The number of carbonyl (C=O) groups is 1. The third kappa shape index (κ3) is 5.16. The Hall–Kier alpha value is -2.92. The highest BCUT2D eigenvalue weighted by Crippen LogP contribution is 2.19. The zero-order valence-electron chi connectivity index (χ0n) is 17.6. The molecule has 0 spiro atoms. The molecule has 1 saturated heterocycles. The fourth-order valence-electron chi connectivity index (χ4n) is 4.23. The van der Waals surface area contributed by atoms with Gasteiger partial charge in [0.25, 0.3) is 0 Å². The molecule has 1 aliphatic rings. The van der Waals surface area contributed by atoms with Crippen LogP contribution in [0.3, 0.4) is 0 Å². The summed E-state index contributed by atoms with van der Waals surface area (Å²) in [6, 6.07) is 19.7. The number of hydrogen-bond acceptors (Lipinski definition) is 3. The fourth-order valence-corrected chi connectivity index (χ4v) is 4.23. The third-order valence-corrected chi connectivity index (χ3v) is 5.79. The standard InChI is InChI=1S/C25H30N4O/c1-20-7-5-15-28(18-20)19-22-12-10-21(11-13-22)17-26-25(30)24(29-16-6-14-27-29)23-8-3-2-4-9-23/h2-4,6,8-14,16,20,24H,5,7,15,17-19H2,1H3,(H,26,30). The molecule has 1 N–H and O–H groups in total. The lowest BCUT2D eigenvalue weighted by molar-refractivity contribution is -0.123. The van der Waals surface area contributed by atoms with Gasteiger partial charge in [0.05, 0.1) is 0 Å². The average Bonchev–Trinajstić information content (AvgIpc) is 3.28. The normalized spacial score (nSPS) is 18.1. The van der Waals surface area contributed by atoms with Crippen LogP contribution in [0.15, 0.2) is 73.1 Å². The van der Waals surface area contributed by atoms with Gasteiger partial charge in [-0.05, 0) is 48.1 Å². The van der Waals surface area contributed by atoms with E-state index in [1.54, 1.807) is 10.9 Å². The van der Waals surface area contributed by atoms with Crippen LogP contribution in [0.1, 0.15) is 42.5 Å². The van der Waals surface area contributed by atoms with E-state index >= 15 is 0 Å². The zero-order chi connectivity index (χ0) is 20.8. The highest BCUT2D eigenvalue weighted by Gasteiger charge is 2.22. The predicted molar refractivity (Wildman–Crippen MR) is 119 cm³/mol. The second kappa shape index (κ2) is 9.72. The molecule has 30 heavy (non-hydrogen) atoms. The van der Waals surface area contributed by atoms with Gasteiger partial charge in [0.1, 0.15) is 0 Å². The van der Waals surface area contributed by atoms with Crippen LogP contribution in [0.5, 0.6) is 0 Å². The summed E-state index contributed by atoms with van der Waals surface area (Å²) in [6.45, 7) is 6.23. The number of amides is 1. The van der Waals surface area contributed by atoms with Crippen LogP contribution < -0.4 is 5.32 Å². The van der Waals surface area contributed by atoms with Crippen molar-refractivity contribution in [2.24, 2.45) is 5.92 Å². The number of likely N-dealkylation sites (tertiary alicyclic amines) is 1. The summed E-state index contributed by atoms with van der Waals surface area (Å²) < 4.78 is 1.70. The molecular weight excluding hydrogens is 372 g/mol. The number of carbonyl (C=O) groups excluding carboxylic acids is 1. The van der Waals surface area contributed by atoms with Crippen LogP contribution in [0.2, 0.25) is 0 Å². The molecule has 1 fully saturated rings. The molecule has 0 radical (unpaired) electrons. The van der Waals surface area contributed by atoms with E-state index in [0.717, 1.165) is 23.6 Å². The van der Waals surface area contributed by atoms with E-state index in [4.69, 9.17) is 0 Å². The zero-order valence-corrected chi connectivity index (χ0v) is 17.6. The Kier molecular flexibility index (Phi) is 6.60. The summed E-state index contributed by atoms with van der Waals surface area (Å²) >= 11 is 0. The number of benzene rings is 2. The van der Waals surface area contributed by atoms with Crippen molar-refractivity contribution >= 4 is 5.91 Å². The lowest BCUT2D eigenvalue weighted by Gasteiger charge is -2.30. The van der Waals surface area contributed by atoms with Crippen molar-refractivity contribution in [1.82, 2.24) is 20.0 Å². The molecule has 2 aromatic carbocycles. The Labute approximate surface area is 178 Å². The smallest absolute Gasteiger partial charge is 0.249 e. The van der Waals surface area contributed by atoms with Crippen LogP contribution >= 0.6 is 0 Å².